The van der Waals surface area contributed by atoms with Crippen molar-refractivity contribution < 1.29 is 55.8 Å². The topological polar surface area (TPSA) is 273 Å². The molecule has 0 bridgehead atoms. The number of halogens is 1. The smallest absolute Gasteiger partial charge is 0.744 e. The number of fused-ring (bicyclic) bond motifs is 2. The molecule has 0 unspecified atom stereocenters. The summed E-state index contributed by atoms with van der Waals surface area (Å²) in [5, 5.41) is 5.54. The van der Waals surface area contributed by atoms with Crippen LogP contribution in [0.4, 0.5) is 28.7 Å². The number of hydrogen-bond acceptors (Lipinski definition) is 18. The van der Waals surface area contributed by atoms with E-state index >= 15 is 0 Å². The second-order valence-electron chi connectivity index (χ2n) is 13.1. The van der Waals surface area contributed by atoms with Crippen molar-refractivity contribution in [3.8, 4) is 17.4 Å². The Morgan fingerprint density at radius 1 is 0.705 bits per heavy atom. The lowest BCUT2D eigenvalue weighted by Crippen LogP contribution is -2.34. The molecule has 0 fully saturated rings. The van der Waals surface area contributed by atoms with Crippen molar-refractivity contribution in [2.45, 2.75) is 28.2 Å². The van der Waals surface area contributed by atoms with Crippen molar-refractivity contribution in [1.82, 2.24) is 19.9 Å². The minimum absolute atomic E-state index is 0. The van der Waals surface area contributed by atoms with E-state index in [1.54, 1.807) is 47.0 Å². The lowest BCUT2D eigenvalue weighted by Gasteiger charge is -2.24. The molecular formula is C38H33ClN8O11S3. The second kappa shape index (κ2) is 16.6. The molecule has 0 radical (unpaired) electrons. The van der Waals surface area contributed by atoms with E-state index in [0.717, 1.165) is 12.1 Å². The predicted molar refractivity (Wildman–Crippen MR) is 221 cm³/mol. The van der Waals surface area contributed by atoms with E-state index in [1.165, 1.54) is 56.7 Å². The van der Waals surface area contributed by atoms with Crippen LogP contribution in [0.3, 0.4) is 0 Å². The summed E-state index contributed by atoms with van der Waals surface area (Å²) >= 11 is 5.94. The molecule has 0 atom stereocenters. The second-order valence-corrected chi connectivity index (χ2v) is 17.5. The van der Waals surface area contributed by atoms with Gasteiger partial charge in [0, 0.05) is 54.4 Å². The minimum Gasteiger partial charge on any atom is -0.744 e. The van der Waals surface area contributed by atoms with Gasteiger partial charge in [0.1, 0.15) is 52.0 Å². The summed E-state index contributed by atoms with van der Waals surface area (Å²) in [4.78, 5) is 16.8. The quantitative estimate of drug-likeness (QED) is 0.0828. The Hall–Kier alpha value is -6.27. The van der Waals surface area contributed by atoms with Crippen LogP contribution in [0.15, 0.2) is 112 Å². The van der Waals surface area contributed by atoms with Gasteiger partial charge in [-0.3, -0.25) is 0 Å². The van der Waals surface area contributed by atoms with Crippen LogP contribution < -0.4 is 29.6 Å². The van der Waals surface area contributed by atoms with Crippen molar-refractivity contribution in [3.05, 3.63) is 108 Å². The monoisotopic (exact) mass is 908 g/mol. The van der Waals surface area contributed by atoms with E-state index in [-0.39, 0.29) is 60.0 Å². The molecule has 0 saturated heterocycles. The molecule has 19 nitrogen and oxygen atoms in total. The Bertz CT molecular complexity index is 3230. The van der Waals surface area contributed by atoms with Gasteiger partial charge >= 0.3 is 8.86 Å². The Morgan fingerprint density at radius 2 is 1.39 bits per heavy atom. The molecule has 7 rings (SSSR count). The third-order valence-electron chi connectivity index (χ3n) is 9.20. The SMILES string of the molecule is CCN(Cc1cccc(S(=O)(=O)[O-])c1)c1ccc2nc3ccc(Nc4ccc(Nc5nc(Cl)nc(OC)n5)cc4S(=O)(=O)[O-])cc3[n+](-c3ccc(OC)c(S(=O)(=O)[O-])c3)c2c1.[H+].[H+]. The van der Waals surface area contributed by atoms with Crippen LogP contribution in [0.1, 0.15) is 15.3 Å². The highest BCUT2D eigenvalue weighted by Gasteiger charge is 2.25. The van der Waals surface area contributed by atoms with E-state index < -0.39 is 40.1 Å². The number of ether oxygens (including phenoxy) is 2. The molecule has 0 spiro atoms. The van der Waals surface area contributed by atoms with E-state index in [4.69, 9.17) is 26.1 Å². The molecule has 5 aromatic carbocycles. The van der Waals surface area contributed by atoms with E-state index in [2.05, 4.69) is 25.6 Å². The number of benzene rings is 5. The molecule has 2 heterocycles. The normalized spacial score (nSPS) is 12.0. The van der Waals surface area contributed by atoms with Gasteiger partial charge in [-0.05, 0) is 84.8 Å². The molecule has 316 valence electrons. The highest BCUT2D eigenvalue weighted by Crippen LogP contribution is 2.32. The highest BCUT2D eigenvalue weighted by atomic mass is 35.5. The number of anilines is 5. The molecule has 2 aromatic heterocycles. The zero-order valence-corrected chi connectivity index (χ0v) is 35.1. The predicted octanol–water partition coefficient (Wildman–Crippen LogP) is 4.97. The summed E-state index contributed by atoms with van der Waals surface area (Å²) in [5.41, 5.74) is 3.23. The lowest BCUT2D eigenvalue weighted by molar-refractivity contribution is -0.538. The first kappa shape index (κ1) is 42.8. The van der Waals surface area contributed by atoms with Crippen molar-refractivity contribution >= 4 is 92.7 Å². The maximum Gasteiger partial charge on any atom is 1.00 e. The highest BCUT2D eigenvalue weighted by molar-refractivity contribution is 7.86. The van der Waals surface area contributed by atoms with E-state index in [0.29, 0.717) is 39.9 Å². The number of nitrogens with one attached hydrogen (secondary N) is 2. The molecule has 7 aromatic rings. The van der Waals surface area contributed by atoms with Crippen LogP contribution in [0.2, 0.25) is 5.28 Å². The van der Waals surface area contributed by atoms with Crippen LogP contribution in [-0.2, 0) is 36.9 Å². The van der Waals surface area contributed by atoms with Crippen LogP contribution in [0.25, 0.3) is 27.8 Å². The molecule has 0 saturated carbocycles. The van der Waals surface area contributed by atoms with Gasteiger partial charge in [0.15, 0.2) is 0 Å². The van der Waals surface area contributed by atoms with E-state index in [1.807, 2.05) is 11.8 Å². The van der Waals surface area contributed by atoms with Crippen LogP contribution in [0, 0.1) is 0 Å². The van der Waals surface area contributed by atoms with Crippen molar-refractivity contribution in [2.75, 3.05) is 36.3 Å². The fourth-order valence-electron chi connectivity index (χ4n) is 6.47. The van der Waals surface area contributed by atoms with Gasteiger partial charge in [-0.2, -0.15) is 15.0 Å². The third kappa shape index (κ3) is 9.39. The molecule has 2 N–H and O–H groups in total. The molecule has 0 aliphatic carbocycles. The summed E-state index contributed by atoms with van der Waals surface area (Å²) in [7, 11) is -12.3. The summed E-state index contributed by atoms with van der Waals surface area (Å²) in [6.45, 7) is 2.49. The van der Waals surface area contributed by atoms with Crippen LogP contribution in [0.5, 0.6) is 11.8 Å². The third-order valence-corrected chi connectivity index (χ3v) is 11.9. The first-order valence-corrected chi connectivity index (χ1v) is 22.3. The molecule has 61 heavy (non-hydrogen) atoms. The molecule has 0 aliphatic heterocycles. The van der Waals surface area contributed by atoms with Gasteiger partial charge < -0.3 is 38.7 Å². The Labute approximate surface area is 356 Å². The van der Waals surface area contributed by atoms with Crippen molar-refractivity contribution in [2.24, 2.45) is 0 Å². The van der Waals surface area contributed by atoms with Gasteiger partial charge in [-0.15, -0.1) is 4.57 Å². The largest absolute Gasteiger partial charge is 1.00 e. The number of nitrogens with zero attached hydrogens (tertiary/aromatic N) is 6. The van der Waals surface area contributed by atoms with E-state index in [9.17, 15) is 38.9 Å². The van der Waals surface area contributed by atoms with Gasteiger partial charge in [-0.1, -0.05) is 12.1 Å². The number of methoxy groups -OCH3 is 2. The lowest BCUT2D eigenvalue weighted by atomic mass is 10.1. The first-order valence-electron chi connectivity index (χ1n) is 17.7. The number of aromatic nitrogens is 5. The van der Waals surface area contributed by atoms with Gasteiger partial charge in [0.2, 0.25) is 28.0 Å². The van der Waals surface area contributed by atoms with Gasteiger partial charge in [-0.25, -0.2) is 30.2 Å². The first-order chi connectivity index (χ1) is 28.8. The Kier molecular flexibility index (Phi) is 11.7. The summed E-state index contributed by atoms with van der Waals surface area (Å²) < 4.78 is 122. The zero-order valence-electron chi connectivity index (χ0n) is 33.9. The summed E-state index contributed by atoms with van der Waals surface area (Å²) in [5.74, 6) is -0.280. The molecule has 0 aliphatic rings. The summed E-state index contributed by atoms with van der Waals surface area (Å²) in [6.07, 6.45) is 0. The average molecular weight is 909 g/mol. The fourth-order valence-corrected chi connectivity index (χ4v) is 8.49. The maximum atomic E-state index is 12.6. The standard InChI is InChI=1S/C38H33ClN8O11S3/c1-4-46(21-22-6-5-7-27(16-22)59(48,49)50)25-10-14-29-32(19-25)47(26-11-15-33(57-2)35(20-26)61(54,55)56)31-17-23(8-12-28(31)42-29)40-30-13-9-24(18-34(30)60(51,52)53)41-37-43-36(39)44-38(45-37)58-3/h5-20H,4,21H2,1-3H3,(H4,41,42,43,44,45,48,49,50,51,52,53,54,55,56). The maximum absolute atomic E-state index is 12.6. The molecule has 23 heteroatoms. The van der Waals surface area contributed by atoms with Crippen LogP contribution in [-0.4, -0.2) is 79.6 Å². The Balaban J connectivity index is 0.00000374. The minimum atomic E-state index is -5.11. The van der Waals surface area contributed by atoms with Gasteiger partial charge in [0.25, 0.3) is 0 Å². The zero-order chi connectivity index (χ0) is 43.9. The summed E-state index contributed by atoms with van der Waals surface area (Å²) in [6, 6.07) is 23.5. The van der Waals surface area contributed by atoms with Crippen molar-refractivity contribution in [3.63, 3.8) is 0 Å². The van der Waals surface area contributed by atoms with Crippen molar-refractivity contribution in [1.29, 1.82) is 0 Å². The average Bonchev–Trinajstić information content (AvgIpc) is 3.21. The van der Waals surface area contributed by atoms with Crippen LogP contribution >= 0.6 is 11.6 Å². The Morgan fingerprint density at radius 3 is 2.07 bits per heavy atom. The number of rotatable bonds is 14. The molecule has 0 amide bonds. The van der Waals surface area contributed by atoms with Gasteiger partial charge in [0.05, 0.1) is 29.7 Å². The fraction of sp³-hybridized carbons (Fsp3) is 0.132. The molecular weight excluding hydrogens is 876 g/mol. The number of hydrogen-bond donors (Lipinski definition) is 2.